The van der Waals surface area contributed by atoms with Gasteiger partial charge >= 0.3 is 0 Å². The molecule has 2 amide bonds. The first-order valence-electron chi connectivity index (χ1n) is 7.63. The standard InChI is InChI=1S/C16H19N5O2/c1-12(22)17-9-16(23)20-8-7-14(10-20)21-11-15(18-19-21)13-5-3-2-4-6-13/h2-6,11,14H,7-10H2,1H3,(H,17,22)/t14-/m1/s1. The average Bonchev–Trinajstić information content (AvgIpc) is 3.22. The summed E-state index contributed by atoms with van der Waals surface area (Å²) in [5, 5.41) is 11.0. The van der Waals surface area contributed by atoms with Crippen molar-refractivity contribution < 1.29 is 9.59 Å². The molecule has 0 aliphatic carbocycles. The Hall–Kier alpha value is -2.70. The SMILES string of the molecule is CC(=O)NCC(=O)N1CC[C@@H](n2cc(-c3ccccc3)nn2)C1. The summed E-state index contributed by atoms with van der Waals surface area (Å²) in [6, 6.07) is 10.0. The molecule has 120 valence electrons. The van der Waals surface area contributed by atoms with E-state index in [-0.39, 0.29) is 24.4 Å². The fourth-order valence-corrected chi connectivity index (χ4v) is 2.69. The molecule has 1 atom stereocenters. The minimum Gasteiger partial charge on any atom is -0.347 e. The van der Waals surface area contributed by atoms with Crippen molar-refractivity contribution in [3.8, 4) is 11.3 Å². The van der Waals surface area contributed by atoms with Crippen LogP contribution < -0.4 is 5.32 Å². The molecule has 1 N–H and O–H groups in total. The van der Waals surface area contributed by atoms with Crippen LogP contribution >= 0.6 is 0 Å². The van der Waals surface area contributed by atoms with E-state index in [1.807, 2.05) is 41.2 Å². The molecule has 7 heteroatoms. The maximum Gasteiger partial charge on any atom is 0.242 e. The molecule has 1 aromatic heterocycles. The summed E-state index contributed by atoms with van der Waals surface area (Å²) in [5.74, 6) is -0.260. The van der Waals surface area contributed by atoms with Crippen molar-refractivity contribution in [3.63, 3.8) is 0 Å². The molecule has 0 bridgehead atoms. The second-order valence-corrected chi connectivity index (χ2v) is 5.64. The summed E-state index contributed by atoms with van der Waals surface area (Å²) in [7, 11) is 0. The van der Waals surface area contributed by atoms with Crippen LogP contribution in [0.5, 0.6) is 0 Å². The van der Waals surface area contributed by atoms with Crippen LogP contribution in [0.3, 0.4) is 0 Å². The van der Waals surface area contributed by atoms with Gasteiger partial charge in [0, 0.05) is 25.6 Å². The van der Waals surface area contributed by atoms with Gasteiger partial charge in [-0.25, -0.2) is 4.68 Å². The van der Waals surface area contributed by atoms with E-state index in [4.69, 9.17) is 0 Å². The van der Waals surface area contributed by atoms with Crippen molar-refractivity contribution in [2.75, 3.05) is 19.6 Å². The van der Waals surface area contributed by atoms with Gasteiger partial charge in [0.2, 0.25) is 11.8 Å². The predicted molar refractivity (Wildman–Crippen MR) is 84.4 cm³/mol. The van der Waals surface area contributed by atoms with Crippen molar-refractivity contribution in [3.05, 3.63) is 36.5 Å². The lowest BCUT2D eigenvalue weighted by Crippen LogP contribution is -2.38. The van der Waals surface area contributed by atoms with Gasteiger partial charge in [-0.1, -0.05) is 35.5 Å². The highest BCUT2D eigenvalue weighted by Crippen LogP contribution is 2.23. The molecule has 1 saturated heterocycles. The second kappa shape index (κ2) is 6.60. The van der Waals surface area contributed by atoms with Crippen LogP contribution in [0.15, 0.2) is 36.5 Å². The third-order valence-corrected chi connectivity index (χ3v) is 3.96. The molecule has 0 radical (unpaired) electrons. The highest BCUT2D eigenvalue weighted by Gasteiger charge is 2.28. The van der Waals surface area contributed by atoms with Gasteiger partial charge in [-0.3, -0.25) is 9.59 Å². The molecule has 1 aliphatic heterocycles. The van der Waals surface area contributed by atoms with Crippen molar-refractivity contribution >= 4 is 11.8 Å². The predicted octanol–water partition coefficient (Wildman–Crippen LogP) is 0.855. The van der Waals surface area contributed by atoms with Crippen molar-refractivity contribution in [2.24, 2.45) is 0 Å². The summed E-state index contributed by atoms with van der Waals surface area (Å²) >= 11 is 0. The molecule has 0 unspecified atom stereocenters. The Morgan fingerprint density at radius 3 is 2.83 bits per heavy atom. The normalized spacial score (nSPS) is 17.3. The molecule has 2 aromatic rings. The first kappa shape index (κ1) is 15.2. The number of hydrogen-bond acceptors (Lipinski definition) is 4. The molecule has 0 spiro atoms. The summed E-state index contributed by atoms with van der Waals surface area (Å²) < 4.78 is 1.83. The first-order chi connectivity index (χ1) is 11.1. The van der Waals surface area contributed by atoms with Gasteiger partial charge in [0.25, 0.3) is 0 Å². The molecule has 0 saturated carbocycles. The van der Waals surface area contributed by atoms with E-state index < -0.39 is 0 Å². The van der Waals surface area contributed by atoms with E-state index in [1.165, 1.54) is 6.92 Å². The quantitative estimate of drug-likeness (QED) is 0.907. The summed E-state index contributed by atoms with van der Waals surface area (Å²) in [6.07, 6.45) is 2.76. The number of amides is 2. The Morgan fingerprint density at radius 1 is 1.30 bits per heavy atom. The minimum atomic E-state index is -0.196. The van der Waals surface area contributed by atoms with Crippen LogP contribution in [0.1, 0.15) is 19.4 Å². The largest absolute Gasteiger partial charge is 0.347 e. The maximum atomic E-state index is 12.0. The van der Waals surface area contributed by atoms with Crippen LogP contribution in [0.25, 0.3) is 11.3 Å². The minimum absolute atomic E-state index is 0.0503. The number of carbonyl (C=O) groups excluding carboxylic acids is 2. The smallest absolute Gasteiger partial charge is 0.242 e. The van der Waals surface area contributed by atoms with Crippen molar-refractivity contribution in [1.82, 2.24) is 25.2 Å². The van der Waals surface area contributed by atoms with Gasteiger partial charge in [-0.2, -0.15) is 0 Å². The number of aromatic nitrogens is 3. The number of nitrogens with zero attached hydrogens (tertiary/aromatic N) is 4. The van der Waals surface area contributed by atoms with Crippen molar-refractivity contribution in [1.29, 1.82) is 0 Å². The summed E-state index contributed by atoms with van der Waals surface area (Å²) in [5.41, 5.74) is 1.85. The average molecular weight is 313 g/mol. The number of rotatable bonds is 4. The van der Waals surface area contributed by atoms with E-state index in [0.717, 1.165) is 17.7 Å². The van der Waals surface area contributed by atoms with Crippen LogP contribution in [0.2, 0.25) is 0 Å². The molecular formula is C16H19N5O2. The molecule has 23 heavy (non-hydrogen) atoms. The van der Waals surface area contributed by atoms with Gasteiger partial charge in [0.1, 0.15) is 5.69 Å². The maximum absolute atomic E-state index is 12.0. The Labute approximate surface area is 134 Å². The van der Waals surface area contributed by atoms with E-state index >= 15 is 0 Å². The van der Waals surface area contributed by atoms with Gasteiger partial charge in [-0.15, -0.1) is 5.10 Å². The zero-order chi connectivity index (χ0) is 16.2. The Balaban J connectivity index is 1.62. The lowest BCUT2D eigenvalue weighted by molar-refractivity contribution is -0.131. The molecule has 1 aliphatic rings. The van der Waals surface area contributed by atoms with Gasteiger partial charge in [0.15, 0.2) is 0 Å². The van der Waals surface area contributed by atoms with Crippen LogP contribution in [-0.2, 0) is 9.59 Å². The highest BCUT2D eigenvalue weighted by atomic mass is 16.2. The van der Waals surface area contributed by atoms with Crippen molar-refractivity contribution in [2.45, 2.75) is 19.4 Å². The van der Waals surface area contributed by atoms with Gasteiger partial charge in [0.05, 0.1) is 18.8 Å². The Bertz CT molecular complexity index is 698. The molecule has 1 aromatic carbocycles. The lowest BCUT2D eigenvalue weighted by Gasteiger charge is -2.16. The monoisotopic (exact) mass is 313 g/mol. The summed E-state index contributed by atoms with van der Waals surface area (Å²) in [4.78, 5) is 24.7. The topological polar surface area (TPSA) is 80.1 Å². The number of carbonyl (C=O) groups is 2. The van der Waals surface area contributed by atoms with E-state index in [1.54, 1.807) is 4.90 Å². The van der Waals surface area contributed by atoms with E-state index in [0.29, 0.717) is 13.1 Å². The molecule has 2 heterocycles. The van der Waals surface area contributed by atoms with E-state index in [9.17, 15) is 9.59 Å². The third kappa shape index (κ3) is 3.56. The van der Waals surface area contributed by atoms with Crippen LogP contribution in [-0.4, -0.2) is 51.3 Å². The zero-order valence-electron chi connectivity index (χ0n) is 13.0. The summed E-state index contributed by atoms with van der Waals surface area (Å²) in [6.45, 7) is 2.72. The molecule has 3 rings (SSSR count). The van der Waals surface area contributed by atoms with Gasteiger partial charge in [-0.05, 0) is 6.42 Å². The number of benzene rings is 1. The molecule has 7 nitrogen and oxygen atoms in total. The fourth-order valence-electron chi connectivity index (χ4n) is 2.69. The number of likely N-dealkylation sites (tertiary alicyclic amines) is 1. The lowest BCUT2D eigenvalue weighted by atomic mass is 10.2. The number of hydrogen-bond donors (Lipinski definition) is 1. The highest BCUT2D eigenvalue weighted by molar-refractivity contribution is 5.83. The Morgan fingerprint density at radius 2 is 2.09 bits per heavy atom. The Kier molecular flexibility index (Phi) is 4.36. The fraction of sp³-hybridized carbons (Fsp3) is 0.375. The third-order valence-electron chi connectivity index (χ3n) is 3.96. The second-order valence-electron chi connectivity index (χ2n) is 5.64. The molecule has 1 fully saturated rings. The molecular weight excluding hydrogens is 294 g/mol. The van der Waals surface area contributed by atoms with E-state index in [2.05, 4.69) is 15.6 Å². The zero-order valence-corrected chi connectivity index (χ0v) is 13.0. The first-order valence-corrected chi connectivity index (χ1v) is 7.63. The number of nitrogens with one attached hydrogen (secondary N) is 1. The van der Waals surface area contributed by atoms with Crippen LogP contribution in [0, 0.1) is 0 Å². The van der Waals surface area contributed by atoms with Gasteiger partial charge < -0.3 is 10.2 Å². The van der Waals surface area contributed by atoms with Crippen LogP contribution in [0.4, 0.5) is 0 Å².